The summed E-state index contributed by atoms with van der Waals surface area (Å²) in [7, 11) is 0. The predicted molar refractivity (Wildman–Crippen MR) is 96.3 cm³/mol. The van der Waals surface area contributed by atoms with Crippen LogP contribution in [0.2, 0.25) is 0 Å². The van der Waals surface area contributed by atoms with E-state index in [-0.39, 0.29) is 12.4 Å². The third-order valence-corrected chi connectivity index (χ3v) is 5.83. The first-order chi connectivity index (χ1) is 10.8. The minimum atomic E-state index is 0. The molecule has 1 saturated carbocycles. The van der Waals surface area contributed by atoms with Gasteiger partial charge in [-0.05, 0) is 43.4 Å². The highest BCUT2D eigenvalue weighted by atomic mass is 35.5. The van der Waals surface area contributed by atoms with Gasteiger partial charge in [0.15, 0.2) is 0 Å². The Morgan fingerprint density at radius 3 is 2.74 bits per heavy atom. The van der Waals surface area contributed by atoms with Crippen LogP contribution in [-0.2, 0) is 9.47 Å². The highest BCUT2D eigenvalue weighted by Crippen LogP contribution is 2.31. The fourth-order valence-corrected chi connectivity index (χ4v) is 4.71. The van der Waals surface area contributed by atoms with E-state index in [0.29, 0.717) is 30.0 Å². The van der Waals surface area contributed by atoms with Crippen LogP contribution in [0.5, 0.6) is 0 Å². The molecule has 0 amide bonds. The van der Waals surface area contributed by atoms with E-state index in [1.807, 2.05) is 0 Å². The van der Waals surface area contributed by atoms with Crippen LogP contribution in [-0.4, -0.2) is 51.1 Å². The first-order valence-electron chi connectivity index (χ1n) is 9.42. The van der Waals surface area contributed by atoms with Crippen LogP contribution in [0.25, 0.3) is 0 Å². The number of nitrogens with one attached hydrogen (secondary N) is 2. The molecule has 0 radical (unpaired) electrons. The smallest absolute Gasteiger partial charge is 0.0638 e. The Bertz CT molecular complexity index is 337. The van der Waals surface area contributed by atoms with E-state index in [9.17, 15) is 0 Å². The van der Waals surface area contributed by atoms with Gasteiger partial charge >= 0.3 is 0 Å². The van der Waals surface area contributed by atoms with Gasteiger partial charge in [-0.15, -0.1) is 12.4 Å². The Labute approximate surface area is 147 Å². The lowest BCUT2D eigenvalue weighted by molar-refractivity contribution is -0.0527. The molecule has 3 rings (SSSR count). The lowest BCUT2D eigenvalue weighted by Gasteiger charge is -2.37. The second-order valence-electron chi connectivity index (χ2n) is 7.73. The summed E-state index contributed by atoms with van der Waals surface area (Å²) in [6.07, 6.45) is 7.00. The van der Waals surface area contributed by atoms with Gasteiger partial charge in [-0.25, -0.2) is 0 Å². The fraction of sp³-hybridized carbons (Fsp3) is 1.00. The molecule has 1 aliphatic carbocycles. The largest absolute Gasteiger partial charge is 0.379 e. The van der Waals surface area contributed by atoms with Crippen LogP contribution in [0.1, 0.15) is 46.0 Å². The Kier molecular flexibility index (Phi) is 8.10. The molecule has 5 atom stereocenters. The van der Waals surface area contributed by atoms with E-state index in [1.165, 1.54) is 32.1 Å². The van der Waals surface area contributed by atoms with E-state index >= 15 is 0 Å². The summed E-state index contributed by atoms with van der Waals surface area (Å²) < 4.78 is 11.7. The quantitative estimate of drug-likeness (QED) is 0.803. The lowest BCUT2D eigenvalue weighted by atomic mass is 9.86. The number of halogens is 1. The zero-order chi connectivity index (χ0) is 15.4. The van der Waals surface area contributed by atoms with E-state index in [4.69, 9.17) is 9.47 Å². The van der Waals surface area contributed by atoms with Gasteiger partial charge in [0, 0.05) is 31.8 Å². The van der Waals surface area contributed by atoms with Gasteiger partial charge in [0.1, 0.15) is 0 Å². The van der Waals surface area contributed by atoms with Crippen molar-refractivity contribution in [2.45, 2.75) is 64.1 Å². The summed E-state index contributed by atoms with van der Waals surface area (Å²) in [5.41, 5.74) is 0. The number of morpholine rings is 1. The first kappa shape index (κ1) is 19.5. The lowest BCUT2D eigenvalue weighted by Crippen LogP contribution is -2.52. The second kappa shape index (κ2) is 9.57. The maximum absolute atomic E-state index is 6.04. The molecular weight excluding hydrogens is 312 g/mol. The Morgan fingerprint density at radius 2 is 2.00 bits per heavy atom. The molecule has 23 heavy (non-hydrogen) atoms. The normalized spacial score (nSPS) is 38.5. The van der Waals surface area contributed by atoms with Crippen LogP contribution in [0, 0.1) is 17.8 Å². The maximum Gasteiger partial charge on any atom is 0.0638 e. The standard InChI is InChI=1S/C18H34N2O2.ClH/c1-13(2)18-14(5-4-9-22-18)11-20-16-7-3-6-15(16)17-12-21-10-8-19-17;/h13-20H,3-12H2,1-2H3;1H. The van der Waals surface area contributed by atoms with Gasteiger partial charge in [-0.2, -0.15) is 0 Å². The molecule has 2 N–H and O–H groups in total. The van der Waals surface area contributed by atoms with E-state index in [2.05, 4.69) is 24.5 Å². The summed E-state index contributed by atoms with van der Waals surface area (Å²) >= 11 is 0. The highest BCUT2D eigenvalue weighted by molar-refractivity contribution is 5.85. The summed E-state index contributed by atoms with van der Waals surface area (Å²) in [5.74, 6) is 2.05. The molecule has 136 valence electrons. The molecule has 0 bridgehead atoms. The van der Waals surface area contributed by atoms with Crippen molar-refractivity contribution in [3.05, 3.63) is 0 Å². The molecule has 0 aromatic carbocycles. The molecule has 5 unspecified atom stereocenters. The van der Waals surface area contributed by atoms with Gasteiger partial charge in [-0.1, -0.05) is 20.3 Å². The topological polar surface area (TPSA) is 42.5 Å². The van der Waals surface area contributed by atoms with Crippen molar-refractivity contribution in [2.75, 3.05) is 32.9 Å². The van der Waals surface area contributed by atoms with Crippen molar-refractivity contribution in [3.8, 4) is 0 Å². The van der Waals surface area contributed by atoms with Gasteiger partial charge in [0.25, 0.3) is 0 Å². The monoisotopic (exact) mass is 346 g/mol. The fourth-order valence-electron chi connectivity index (χ4n) is 4.71. The van der Waals surface area contributed by atoms with Crippen LogP contribution >= 0.6 is 12.4 Å². The molecule has 3 aliphatic rings. The van der Waals surface area contributed by atoms with Gasteiger partial charge in [0.2, 0.25) is 0 Å². The first-order valence-corrected chi connectivity index (χ1v) is 9.42. The Hall–Kier alpha value is 0.130. The van der Waals surface area contributed by atoms with Gasteiger partial charge < -0.3 is 20.1 Å². The number of ether oxygens (including phenoxy) is 2. The summed E-state index contributed by atoms with van der Waals surface area (Å²) in [4.78, 5) is 0. The maximum atomic E-state index is 6.04. The van der Waals surface area contributed by atoms with Crippen molar-refractivity contribution >= 4 is 12.4 Å². The molecular formula is C18H35ClN2O2. The average molecular weight is 347 g/mol. The van der Waals surface area contributed by atoms with E-state index in [0.717, 1.165) is 38.8 Å². The molecule has 2 aliphatic heterocycles. The molecule has 2 heterocycles. The van der Waals surface area contributed by atoms with Crippen molar-refractivity contribution in [1.82, 2.24) is 10.6 Å². The molecule has 5 heteroatoms. The third-order valence-electron chi connectivity index (χ3n) is 5.83. The SMILES string of the molecule is CC(C)C1OCCCC1CNC1CCCC1C1COCCN1.Cl. The number of hydrogen-bond acceptors (Lipinski definition) is 4. The third kappa shape index (κ3) is 5.05. The van der Waals surface area contributed by atoms with Crippen LogP contribution in [0.3, 0.4) is 0 Å². The van der Waals surface area contributed by atoms with Gasteiger partial charge in [-0.3, -0.25) is 0 Å². The highest BCUT2D eigenvalue weighted by Gasteiger charge is 2.36. The number of hydrogen-bond donors (Lipinski definition) is 2. The van der Waals surface area contributed by atoms with Gasteiger partial charge in [0.05, 0.1) is 19.3 Å². The molecule has 4 nitrogen and oxygen atoms in total. The molecule has 0 aromatic rings. The Balaban J connectivity index is 0.00000192. The van der Waals surface area contributed by atoms with Crippen LogP contribution in [0.4, 0.5) is 0 Å². The summed E-state index contributed by atoms with van der Waals surface area (Å²) in [6, 6.07) is 1.21. The molecule has 3 fully saturated rings. The Morgan fingerprint density at radius 1 is 1.13 bits per heavy atom. The van der Waals surface area contributed by atoms with Crippen LogP contribution < -0.4 is 10.6 Å². The summed E-state index contributed by atoms with van der Waals surface area (Å²) in [5, 5.41) is 7.57. The zero-order valence-electron chi connectivity index (χ0n) is 14.8. The number of rotatable bonds is 5. The zero-order valence-corrected chi connectivity index (χ0v) is 15.6. The summed E-state index contributed by atoms with van der Waals surface area (Å²) in [6.45, 7) is 9.45. The van der Waals surface area contributed by atoms with Crippen molar-refractivity contribution in [1.29, 1.82) is 0 Å². The molecule has 0 aromatic heterocycles. The van der Waals surface area contributed by atoms with Crippen molar-refractivity contribution in [2.24, 2.45) is 17.8 Å². The van der Waals surface area contributed by atoms with Crippen molar-refractivity contribution < 1.29 is 9.47 Å². The minimum Gasteiger partial charge on any atom is -0.379 e. The van der Waals surface area contributed by atoms with E-state index in [1.54, 1.807) is 0 Å². The molecule has 0 spiro atoms. The van der Waals surface area contributed by atoms with Crippen molar-refractivity contribution in [3.63, 3.8) is 0 Å². The molecule has 2 saturated heterocycles. The minimum absolute atomic E-state index is 0. The van der Waals surface area contributed by atoms with Crippen LogP contribution in [0.15, 0.2) is 0 Å². The van der Waals surface area contributed by atoms with E-state index < -0.39 is 0 Å². The second-order valence-corrected chi connectivity index (χ2v) is 7.73. The average Bonchev–Trinajstić information content (AvgIpc) is 3.02. The predicted octanol–water partition coefficient (Wildman–Crippen LogP) is 2.61.